The van der Waals surface area contributed by atoms with E-state index < -0.39 is 0 Å². The molecule has 22 heavy (non-hydrogen) atoms. The molecular formula is C16H12ClNO3S. The van der Waals surface area contributed by atoms with Crippen molar-refractivity contribution in [1.82, 2.24) is 4.98 Å². The van der Waals surface area contributed by atoms with E-state index >= 15 is 0 Å². The molecule has 0 fully saturated rings. The van der Waals surface area contributed by atoms with Crippen LogP contribution in [0.15, 0.2) is 52.5 Å². The molecule has 4 nitrogen and oxygen atoms in total. The maximum atomic E-state index is 11.8. The molecule has 0 saturated heterocycles. The minimum atomic E-state index is -0.317. The van der Waals surface area contributed by atoms with Crippen molar-refractivity contribution in [3.8, 4) is 10.8 Å². The number of carbonyl (C=O) groups excluding carboxylic acids is 1. The number of ether oxygens (including phenoxy) is 1. The average Bonchev–Trinajstić information content (AvgIpc) is 3.18. The van der Waals surface area contributed by atoms with Gasteiger partial charge in [0.25, 0.3) is 0 Å². The second-order valence-corrected chi connectivity index (χ2v) is 5.97. The zero-order valence-corrected chi connectivity index (χ0v) is 13.1. The van der Waals surface area contributed by atoms with E-state index in [1.54, 1.807) is 35.6 Å². The summed E-state index contributed by atoms with van der Waals surface area (Å²) in [6.45, 7) is 0.0985. The maximum Gasteiger partial charge on any atom is 0.310 e. The van der Waals surface area contributed by atoms with Crippen LogP contribution in [0.5, 0.6) is 0 Å². The molecule has 0 aliphatic carbocycles. The van der Waals surface area contributed by atoms with E-state index in [0.29, 0.717) is 16.6 Å². The van der Waals surface area contributed by atoms with Crippen LogP contribution in [0.25, 0.3) is 10.8 Å². The fourth-order valence-electron chi connectivity index (χ4n) is 1.86. The molecule has 0 N–H and O–H groups in total. The van der Waals surface area contributed by atoms with E-state index in [9.17, 15) is 4.79 Å². The molecular weight excluding hydrogens is 322 g/mol. The van der Waals surface area contributed by atoms with Gasteiger partial charge in [0.1, 0.15) is 18.6 Å². The van der Waals surface area contributed by atoms with Crippen molar-refractivity contribution in [1.29, 1.82) is 0 Å². The number of aromatic nitrogens is 1. The summed E-state index contributed by atoms with van der Waals surface area (Å²) in [6.07, 6.45) is 1.71. The molecule has 0 radical (unpaired) electrons. The number of thiophene rings is 1. The molecule has 0 amide bonds. The Morgan fingerprint density at radius 2 is 2.09 bits per heavy atom. The first kappa shape index (κ1) is 14.8. The van der Waals surface area contributed by atoms with E-state index in [2.05, 4.69) is 4.98 Å². The molecule has 112 valence electrons. The second kappa shape index (κ2) is 6.77. The van der Waals surface area contributed by atoms with Crippen molar-refractivity contribution >= 4 is 28.9 Å². The van der Waals surface area contributed by atoms with Gasteiger partial charge in [0.2, 0.25) is 5.89 Å². The summed E-state index contributed by atoms with van der Waals surface area (Å²) in [5, 5.41) is 2.59. The molecule has 6 heteroatoms. The van der Waals surface area contributed by atoms with E-state index in [1.807, 2.05) is 17.5 Å². The third-order valence-corrected chi connectivity index (χ3v) is 4.04. The number of esters is 1. The van der Waals surface area contributed by atoms with Gasteiger partial charge in [-0.15, -0.1) is 11.3 Å². The fraction of sp³-hybridized carbons (Fsp3) is 0.125. The van der Waals surface area contributed by atoms with Crippen molar-refractivity contribution in [2.45, 2.75) is 13.0 Å². The Hall–Kier alpha value is -2.11. The number of rotatable bonds is 5. The topological polar surface area (TPSA) is 52.3 Å². The van der Waals surface area contributed by atoms with Gasteiger partial charge in [-0.25, -0.2) is 4.98 Å². The Morgan fingerprint density at radius 3 is 2.82 bits per heavy atom. The lowest BCUT2D eigenvalue weighted by Crippen LogP contribution is -2.08. The highest BCUT2D eigenvalue weighted by Crippen LogP contribution is 2.23. The first-order valence-corrected chi connectivity index (χ1v) is 7.85. The van der Waals surface area contributed by atoms with Crippen molar-refractivity contribution in [3.05, 3.63) is 64.3 Å². The highest BCUT2D eigenvalue weighted by molar-refractivity contribution is 7.13. The molecule has 0 saturated carbocycles. The molecule has 3 aromatic rings. The molecule has 0 bridgehead atoms. The number of hydrogen-bond acceptors (Lipinski definition) is 5. The largest absolute Gasteiger partial charge is 0.459 e. The summed E-state index contributed by atoms with van der Waals surface area (Å²) in [5.74, 6) is 0.224. The number of hydrogen-bond donors (Lipinski definition) is 0. The van der Waals surface area contributed by atoms with Crippen molar-refractivity contribution in [2.75, 3.05) is 0 Å². The number of benzene rings is 1. The Morgan fingerprint density at radius 1 is 1.27 bits per heavy atom. The molecule has 1 aromatic carbocycles. The van der Waals surface area contributed by atoms with Gasteiger partial charge in [0, 0.05) is 5.02 Å². The van der Waals surface area contributed by atoms with Crippen molar-refractivity contribution < 1.29 is 13.9 Å². The Kier molecular flexibility index (Phi) is 4.56. The Balaban J connectivity index is 1.54. The molecule has 0 aliphatic rings. The van der Waals surface area contributed by atoms with Gasteiger partial charge in [0.05, 0.1) is 11.3 Å². The van der Waals surface area contributed by atoms with Gasteiger partial charge < -0.3 is 9.15 Å². The van der Waals surface area contributed by atoms with Gasteiger partial charge in [-0.05, 0) is 29.1 Å². The normalized spacial score (nSPS) is 10.6. The van der Waals surface area contributed by atoms with Gasteiger partial charge >= 0.3 is 5.97 Å². The lowest BCUT2D eigenvalue weighted by molar-refractivity contribution is -0.144. The zero-order chi connectivity index (χ0) is 15.4. The number of nitrogens with zero attached hydrogens (tertiary/aromatic N) is 1. The summed E-state index contributed by atoms with van der Waals surface area (Å²) in [5.41, 5.74) is 1.45. The van der Waals surface area contributed by atoms with E-state index in [4.69, 9.17) is 20.8 Å². The van der Waals surface area contributed by atoms with Crippen LogP contribution >= 0.6 is 22.9 Å². The summed E-state index contributed by atoms with van der Waals surface area (Å²) in [4.78, 5) is 17.0. The number of carbonyl (C=O) groups is 1. The van der Waals surface area contributed by atoms with Gasteiger partial charge in [-0.2, -0.15) is 0 Å². The zero-order valence-electron chi connectivity index (χ0n) is 11.5. The van der Waals surface area contributed by atoms with Crippen molar-refractivity contribution in [3.63, 3.8) is 0 Å². The van der Waals surface area contributed by atoms with Crippen LogP contribution in [0.4, 0.5) is 0 Å². The lowest BCUT2D eigenvalue weighted by atomic mass is 10.1. The smallest absolute Gasteiger partial charge is 0.310 e. The number of halogens is 1. The van der Waals surface area contributed by atoms with Crippen LogP contribution in [0.3, 0.4) is 0 Å². The van der Waals surface area contributed by atoms with E-state index in [0.717, 1.165) is 10.4 Å². The first-order valence-electron chi connectivity index (χ1n) is 6.59. The SMILES string of the molecule is O=C(Cc1ccc(Cl)cc1)OCc1coc(-c2cccs2)n1. The lowest BCUT2D eigenvalue weighted by Gasteiger charge is -2.03. The molecule has 3 rings (SSSR count). The van der Waals surface area contributed by atoms with Crippen LogP contribution in [-0.4, -0.2) is 11.0 Å². The Bertz CT molecular complexity index is 750. The monoisotopic (exact) mass is 333 g/mol. The average molecular weight is 334 g/mol. The Labute approximate surface area is 136 Å². The predicted molar refractivity (Wildman–Crippen MR) is 84.8 cm³/mol. The molecule has 0 unspecified atom stereocenters. The summed E-state index contributed by atoms with van der Waals surface area (Å²) >= 11 is 7.34. The summed E-state index contributed by atoms with van der Waals surface area (Å²) < 4.78 is 10.6. The predicted octanol–water partition coefficient (Wildman–Crippen LogP) is 4.34. The van der Waals surface area contributed by atoms with Gasteiger partial charge in [-0.3, -0.25) is 4.79 Å². The maximum absolute atomic E-state index is 11.8. The quantitative estimate of drug-likeness (QED) is 0.652. The standard InChI is InChI=1S/C16H12ClNO3S/c17-12-5-3-11(4-6-12)8-15(19)20-9-13-10-21-16(18-13)14-2-1-7-22-14/h1-7,10H,8-9H2. The van der Waals surface area contributed by atoms with E-state index in [1.165, 1.54) is 6.26 Å². The first-order chi connectivity index (χ1) is 10.7. The van der Waals surface area contributed by atoms with Crippen molar-refractivity contribution in [2.24, 2.45) is 0 Å². The molecule has 0 aliphatic heterocycles. The second-order valence-electron chi connectivity index (χ2n) is 4.59. The minimum absolute atomic E-state index is 0.0985. The highest BCUT2D eigenvalue weighted by atomic mass is 35.5. The summed E-state index contributed by atoms with van der Waals surface area (Å²) in [7, 11) is 0. The van der Waals surface area contributed by atoms with Crippen LogP contribution in [-0.2, 0) is 22.6 Å². The summed E-state index contributed by atoms with van der Waals surface area (Å²) in [6, 6.07) is 10.9. The van der Waals surface area contributed by atoms with Crippen LogP contribution in [0, 0.1) is 0 Å². The number of oxazole rings is 1. The minimum Gasteiger partial charge on any atom is -0.459 e. The molecule has 2 aromatic heterocycles. The highest BCUT2D eigenvalue weighted by Gasteiger charge is 2.10. The van der Waals surface area contributed by atoms with Crippen LogP contribution < -0.4 is 0 Å². The third kappa shape index (κ3) is 3.75. The van der Waals surface area contributed by atoms with E-state index in [-0.39, 0.29) is 19.0 Å². The molecule has 2 heterocycles. The molecule has 0 spiro atoms. The van der Waals surface area contributed by atoms with Gasteiger partial charge in [0.15, 0.2) is 0 Å². The van der Waals surface area contributed by atoms with Gasteiger partial charge in [-0.1, -0.05) is 29.8 Å². The fourth-order valence-corrected chi connectivity index (χ4v) is 2.64. The van der Waals surface area contributed by atoms with Crippen LogP contribution in [0.1, 0.15) is 11.3 Å². The third-order valence-electron chi connectivity index (χ3n) is 2.93. The van der Waals surface area contributed by atoms with Crippen LogP contribution in [0.2, 0.25) is 5.02 Å². The molecule has 0 atom stereocenters.